The molecule has 0 unspecified atom stereocenters. The molecular formula is C5H6N2O5S2. The van der Waals surface area contributed by atoms with E-state index in [1.54, 1.807) is 0 Å². The zero-order valence-electron chi connectivity index (χ0n) is 6.91. The maximum Gasteiger partial charge on any atom is 0.356 e. The van der Waals surface area contributed by atoms with Crippen LogP contribution < -0.4 is 0 Å². The molecule has 1 heterocycles. The van der Waals surface area contributed by atoms with Gasteiger partial charge >= 0.3 is 5.97 Å². The monoisotopic (exact) mass is 238 g/mol. The minimum atomic E-state index is -4.15. The molecule has 0 spiro atoms. The van der Waals surface area contributed by atoms with Gasteiger partial charge in [-0.2, -0.15) is 0 Å². The Morgan fingerprint density at radius 2 is 2.21 bits per heavy atom. The molecule has 0 aliphatic heterocycles. The number of sulfonamides is 1. The number of carboxylic acid groups (broad SMARTS) is 1. The molecule has 0 atom stereocenters. The average molecular weight is 238 g/mol. The van der Waals surface area contributed by atoms with E-state index in [1.165, 1.54) is 0 Å². The van der Waals surface area contributed by atoms with Gasteiger partial charge in [0.25, 0.3) is 10.0 Å². The molecule has 9 heteroatoms. The molecule has 1 rings (SSSR count). The van der Waals surface area contributed by atoms with Crippen molar-refractivity contribution in [2.75, 3.05) is 7.05 Å². The highest BCUT2D eigenvalue weighted by Gasteiger charge is 2.28. The summed E-state index contributed by atoms with van der Waals surface area (Å²) in [4.78, 5) is 13.9. The van der Waals surface area contributed by atoms with E-state index in [-0.39, 0.29) is 4.47 Å². The number of aromatic carboxylic acids is 1. The predicted octanol–water partition coefficient (Wildman–Crippen LogP) is -0.149. The van der Waals surface area contributed by atoms with Crippen molar-refractivity contribution in [2.24, 2.45) is 0 Å². The lowest BCUT2D eigenvalue weighted by molar-refractivity contribution is 0.0311. The third-order valence-electron chi connectivity index (χ3n) is 1.32. The number of thiazole rings is 1. The Bertz CT molecular complexity index is 448. The number of hydrogen-bond acceptors (Lipinski definition) is 6. The SMILES string of the molecule is CN(O)S(=O)(=O)c1scnc1C(=O)O. The van der Waals surface area contributed by atoms with Crippen molar-refractivity contribution in [3.05, 3.63) is 11.2 Å². The summed E-state index contributed by atoms with van der Waals surface area (Å²) >= 11 is 0.632. The number of carboxylic acids is 1. The van der Waals surface area contributed by atoms with Gasteiger partial charge in [-0.25, -0.2) is 18.2 Å². The maximum absolute atomic E-state index is 11.3. The highest BCUT2D eigenvalue weighted by molar-refractivity contribution is 7.91. The summed E-state index contributed by atoms with van der Waals surface area (Å²) in [6, 6.07) is 0. The molecule has 0 aromatic carbocycles. The largest absolute Gasteiger partial charge is 0.476 e. The lowest BCUT2D eigenvalue weighted by atomic mass is 10.5. The van der Waals surface area contributed by atoms with Gasteiger partial charge in [0.05, 0.1) is 5.51 Å². The molecule has 0 radical (unpaired) electrons. The van der Waals surface area contributed by atoms with Crippen LogP contribution >= 0.6 is 11.3 Å². The second kappa shape index (κ2) is 3.61. The summed E-state index contributed by atoms with van der Waals surface area (Å²) in [6.45, 7) is 0. The van der Waals surface area contributed by atoms with Crippen molar-refractivity contribution in [3.63, 3.8) is 0 Å². The first-order valence-electron chi connectivity index (χ1n) is 3.22. The number of carbonyl (C=O) groups is 1. The van der Waals surface area contributed by atoms with Crippen molar-refractivity contribution in [1.29, 1.82) is 0 Å². The molecule has 0 amide bonds. The minimum absolute atomic E-state index is 0.0487. The Hall–Kier alpha value is -1.03. The number of hydrogen-bond donors (Lipinski definition) is 2. The Kier molecular flexibility index (Phi) is 2.85. The van der Waals surface area contributed by atoms with Crippen LogP contribution in [0.15, 0.2) is 9.72 Å². The summed E-state index contributed by atoms with van der Waals surface area (Å²) in [5.41, 5.74) is 0.496. The average Bonchev–Trinajstić information content (AvgIpc) is 2.51. The lowest BCUT2D eigenvalue weighted by Crippen LogP contribution is -2.23. The van der Waals surface area contributed by atoms with E-state index < -0.39 is 25.9 Å². The standard InChI is InChI=1S/C5H6N2O5S2/c1-7(10)14(11,12)5-3(4(8)9)6-2-13-5/h2,10H,1H3,(H,8,9). The first-order chi connectivity index (χ1) is 6.37. The molecule has 0 saturated carbocycles. The molecular weight excluding hydrogens is 232 g/mol. The number of nitrogens with zero attached hydrogens (tertiary/aromatic N) is 2. The van der Waals surface area contributed by atoms with E-state index in [4.69, 9.17) is 10.3 Å². The molecule has 2 N–H and O–H groups in total. The van der Waals surface area contributed by atoms with Gasteiger partial charge in [-0.1, -0.05) is 4.47 Å². The first kappa shape index (κ1) is 11.0. The Morgan fingerprint density at radius 1 is 1.64 bits per heavy atom. The van der Waals surface area contributed by atoms with Gasteiger partial charge in [-0.3, -0.25) is 5.21 Å². The van der Waals surface area contributed by atoms with Crippen LogP contribution in [-0.2, 0) is 10.0 Å². The minimum Gasteiger partial charge on any atom is -0.476 e. The van der Waals surface area contributed by atoms with Crippen molar-refractivity contribution in [1.82, 2.24) is 9.45 Å². The van der Waals surface area contributed by atoms with Crippen LogP contribution in [-0.4, -0.2) is 41.2 Å². The summed E-state index contributed by atoms with van der Waals surface area (Å²) in [5, 5.41) is 17.4. The summed E-state index contributed by atoms with van der Waals surface area (Å²) in [5.74, 6) is -1.45. The molecule has 0 bridgehead atoms. The Labute approximate surface area is 83.2 Å². The zero-order valence-corrected chi connectivity index (χ0v) is 8.54. The third-order valence-corrected chi connectivity index (χ3v) is 4.22. The quantitative estimate of drug-likeness (QED) is 0.709. The molecule has 7 nitrogen and oxygen atoms in total. The van der Waals surface area contributed by atoms with E-state index in [9.17, 15) is 13.2 Å². The highest BCUT2D eigenvalue weighted by Crippen LogP contribution is 2.22. The highest BCUT2D eigenvalue weighted by atomic mass is 32.2. The fraction of sp³-hybridized carbons (Fsp3) is 0.200. The lowest BCUT2D eigenvalue weighted by Gasteiger charge is -2.07. The molecule has 0 aliphatic rings. The Balaban J connectivity index is 3.34. The van der Waals surface area contributed by atoms with Crippen LogP contribution in [0.1, 0.15) is 10.5 Å². The first-order valence-corrected chi connectivity index (χ1v) is 5.54. The molecule has 14 heavy (non-hydrogen) atoms. The third kappa shape index (κ3) is 1.75. The molecule has 1 aromatic rings. The van der Waals surface area contributed by atoms with E-state index in [0.29, 0.717) is 11.3 Å². The van der Waals surface area contributed by atoms with Crippen LogP contribution in [0.2, 0.25) is 0 Å². The van der Waals surface area contributed by atoms with Crippen LogP contribution in [0.3, 0.4) is 0 Å². The number of aromatic nitrogens is 1. The maximum atomic E-state index is 11.3. The fourth-order valence-corrected chi connectivity index (χ4v) is 2.75. The van der Waals surface area contributed by atoms with Crippen LogP contribution in [0, 0.1) is 0 Å². The molecule has 78 valence electrons. The van der Waals surface area contributed by atoms with E-state index in [0.717, 1.165) is 12.6 Å². The topological polar surface area (TPSA) is 108 Å². The summed E-state index contributed by atoms with van der Waals surface area (Å²) in [7, 11) is -3.26. The summed E-state index contributed by atoms with van der Waals surface area (Å²) in [6.07, 6.45) is 0. The van der Waals surface area contributed by atoms with Gasteiger partial charge in [-0.05, 0) is 0 Å². The van der Waals surface area contributed by atoms with Gasteiger partial charge in [0.15, 0.2) is 9.90 Å². The van der Waals surface area contributed by atoms with Crippen molar-refractivity contribution < 1.29 is 23.5 Å². The van der Waals surface area contributed by atoms with E-state index >= 15 is 0 Å². The smallest absolute Gasteiger partial charge is 0.356 e. The van der Waals surface area contributed by atoms with Gasteiger partial charge in [0.2, 0.25) is 0 Å². The molecule has 0 fully saturated rings. The van der Waals surface area contributed by atoms with Gasteiger partial charge in [-0.15, -0.1) is 11.3 Å². The zero-order chi connectivity index (χ0) is 10.9. The van der Waals surface area contributed by atoms with Crippen molar-refractivity contribution in [3.8, 4) is 0 Å². The van der Waals surface area contributed by atoms with Crippen molar-refractivity contribution >= 4 is 27.3 Å². The van der Waals surface area contributed by atoms with Crippen LogP contribution in [0.5, 0.6) is 0 Å². The molecule has 1 aromatic heterocycles. The van der Waals surface area contributed by atoms with Crippen molar-refractivity contribution in [2.45, 2.75) is 4.21 Å². The molecule has 0 saturated heterocycles. The van der Waals surface area contributed by atoms with Gasteiger partial charge in [0, 0.05) is 7.05 Å². The van der Waals surface area contributed by atoms with Gasteiger partial charge in [0.1, 0.15) is 0 Å². The summed E-state index contributed by atoms with van der Waals surface area (Å²) < 4.78 is 22.1. The number of rotatable bonds is 3. The number of hydroxylamine groups is 1. The normalized spacial score (nSPS) is 11.9. The second-order valence-electron chi connectivity index (χ2n) is 2.23. The second-order valence-corrected chi connectivity index (χ2v) is 5.23. The van der Waals surface area contributed by atoms with Gasteiger partial charge < -0.3 is 5.11 Å². The van der Waals surface area contributed by atoms with Crippen LogP contribution in [0.25, 0.3) is 0 Å². The van der Waals surface area contributed by atoms with E-state index in [2.05, 4.69) is 4.98 Å². The predicted molar refractivity (Wildman–Crippen MR) is 45.8 cm³/mol. The van der Waals surface area contributed by atoms with E-state index in [1.807, 2.05) is 0 Å². The van der Waals surface area contributed by atoms with Crippen LogP contribution in [0.4, 0.5) is 0 Å². The Morgan fingerprint density at radius 3 is 2.64 bits per heavy atom. The molecule has 0 aliphatic carbocycles. The fourth-order valence-electron chi connectivity index (χ4n) is 0.681.